The van der Waals surface area contributed by atoms with Gasteiger partial charge in [-0.05, 0) is 47.0 Å². The molecule has 1 aliphatic rings. The van der Waals surface area contributed by atoms with Gasteiger partial charge in [0.25, 0.3) is 0 Å². The van der Waals surface area contributed by atoms with Gasteiger partial charge in [0.15, 0.2) is 0 Å². The van der Waals surface area contributed by atoms with Gasteiger partial charge in [0.05, 0.1) is 17.6 Å². The van der Waals surface area contributed by atoms with Crippen LogP contribution in [0.25, 0.3) is 0 Å². The first-order valence-electron chi connectivity index (χ1n) is 6.41. The monoisotopic (exact) mass is 391 g/mol. The molecule has 0 aliphatic carbocycles. The normalized spacial score (nSPS) is 19.1. The highest BCUT2D eigenvalue weighted by Crippen LogP contribution is 2.31. The molecule has 1 N–H and O–H groups in total. The van der Waals surface area contributed by atoms with Gasteiger partial charge in [-0.1, -0.05) is 0 Å². The maximum Gasteiger partial charge on any atom is 0.337 e. The average Bonchev–Trinajstić information content (AvgIpc) is 2.96. The van der Waals surface area contributed by atoms with E-state index >= 15 is 0 Å². The third kappa shape index (κ3) is 3.01. The fourth-order valence-corrected chi connectivity index (χ4v) is 5.05. The summed E-state index contributed by atoms with van der Waals surface area (Å²) in [5, 5.41) is 9.13. The Kier molecular flexibility index (Phi) is 4.88. The second-order valence-electron chi connectivity index (χ2n) is 4.75. The van der Waals surface area contributed by atoms with E-state index in [9.17, 15) is 18.0 Å². The molecule has 1 saturated heterocycles. The molecule has 1 aromatic rings. The summed E-state index contributed by atoms with van der Waals surface area (Å²) in [4.78, 5) is 22.5. The smallest absolute Gasteiger partial charge is 0.337 e. The van der Waals surface area contributed by atoms with Crippen molar-refractivity contribution in [1.29, 1.82) is 0 Å². The molecule has 120 valence electrons. The number of rotatable bonds is 4. The number of halogens is 1. The Morgan fingerprint density at radius 2 is 2.09 bits per heavy atom. The number of carboxylic acid groups (broad SMARTS) is 1. The van der Waals surface area contributed by atoms with E-state index in [0.717, 1.165) is 4.31 Å². The molecule has 2 rings (SSSR count). The van der Waals surface area contributed by atoms with Crippen molar-refractivity contribution in [3.8, 4) is 0 Å². The molecule has 0 aromatic heterocycles. The number of ether oxygens (including phenoxy) is 1. The van der Waals surface area contributed by atoms with E-state index in [-0.39, 0.29) is 27.9 Å². The van der Waals surface area contributed by atoms with E-state index in [4.69, 9.17) is 5.11 Å². The van der Waals surface area contributed by atoms with Crippen LogP contribution in [0.1, 0.15) is 23.2 Å². The Labute approximate surface area is 136 Å². The minimum atomic E-state index is -3.96. The lowest BCUT2D eigenvalue weighted by atomic mass is 10.2. The average molecular weight is 392 g/mol. The van der Waals surface area contributed by atoms with Crippen LogP contribution in [0.15, 0.2) is 27.6 Å². The zero-order chi connectivity index (χ0) is 16.5. The molecule has 0 saturated carbocycles. The standard InChI is InChI=1S/C13H14BrNO6S/c1-21-13(18)8-4-5-11(9(14)7-8)22(19,20)15-6-2-3-10(15)12(16)17/h4-5,7,10H,2-3,6H2,1H3,(H,16,17)/t10-/m0/s1. The first-order valence-corrected chi connectivity index (χ1v) is 8.65. The number of aliphatic carboxylic acids is 1. The summed E-state index contributed by atoms with van der Waals surface area (Å²) >= 11 is 3.12. The molecule has 0 bridgehead atoms. The van der Waals surface area contributed by atoms with Crippen molar-refractivity contribution in [3.63, 3.8) is 0 Å². The predicted octanol–water partition coefficient (Wildman–Crippen LogP) is 1.47. The van der Waals surface area contributed by atoms with Crippen LogP contribution in [-0.2, 0) is 19.6 Å². The van der Waals surface area contributed by atoms with E-state index in [0.29, 0.717) is 6.42 Å². The highest BCUT2D eigenvalue weighted by molar-refractivity contribution is 9.10. The number of carboxylic acids is 1. The summed E-state index contributed by atoms with van der Waals surface area (Å²) in [6.45, 7) is 0.157. The Balaban J connectivity index is 2.42. The van der Waals surface area contributed by atoms with E-state index in [1.807, 2.05) is 0 Å². The Bertz CT molecular complexity index is 717. The van der Waals surface area contributed by atoms with Gasteiger partial charge in [0.2, 0.25) is 10.0 Å². The van der Waals surface area contributed by atoms with E-state index < -0.39 is 28.0 Å². The molecular weight excluding hydrogens is 378 g/mol. The Morgan fingerprint density at radius 1 is 1.41 bits per heavy atom. The fourth-order valence-electron chi connectivity index (χ4n) is 2.36. The second-order valence-corrected chi connectivity index (χ2v) is 7.46. The summed E-state index contributed by atoms with van der Waals surface area (Å²) in [5.74, 6) is -1.75. The molecule has 1 fully saturated rings. The zero-order valence-electron chi connectivity index (χ0n) is 11.7. The lowest BCUT2D eigenvalue weighted by Gasteiger charge is -2.21. The fraction of sp³-hybridized carbons (Fsp3) is 0.385. The van der Waals surface area contributed by atoms with Crippen molar-refractivity contribution in [3.05, 3.63) is 28.2 Å². The molecule has 0 unspecified atom stereocenters. The highest BCUT2D eigenvalue weighted by atomic mass is 79.9. The SMILES string of the molecule is COC(=O)c1ccc(S(=O)(=O)N2CCC[C@H]2C(=O)O)c(Br)c1. The van der Waals surface area contributed by atoms with E-state index in [2.05, 4.69) is 20.7 Å². The van der Waals surface area contributed by atoms with Crippen LogP contribution in [0.2, 0.25) is 0 Å². The summed E-state index contributed by atoms with van der Waals surface area (Å²) in [5.41, 5.74) is 0.199. The molecule has 1 heterocycles. The number of nitrogens with zero attached hydrogens (tertiary/aromatic N) is 1. The molecule has 7 nitrogen and oxygen atoms in total. The van der Waals surface area contributed by atoms with Crippen molar-refractivity contribution < 1.29 is 27.9 Å². The maximum atomic E-state index is 12.6. The van der Waals surface area contributed by atoms with Gasteiger partial charge in [0.1, 0.15) is 6.04 Å². The van der Waals surface area contributed by atoms with Crippen LogP contribution in [0, 0.1) is 0 Å². The van der Waals surface area contributed by atoms with Gasteiger partial charge in [-0.3, -0.25) is 4.79 Å². The number of carbonyl (C=O) groups excluding carboxylic acids is 1. The van der Waals surface area contributed by atoms with Crippen LogP contribution < -0.4 is 0 Å². The molecule has 0 radical (unpaired) electrons. The number of esters is 1. The van der Waals surface area contributed by atoms with Gasteiger partial charge >= 0.3 is 11.9 Å². The number of methoxy groups -OCH3 is 1. The van der Waals surface area contributed by atoms with Crippen molar-refractivity contribution in [2.45, 2.75) is 23.8 Å². The van der Waals surface area contributed by atoms with Crippen LogP contribution in [0.3, 0.4) is 0 Å². The number of hydrogen-bond acceptors (Lipinski definition) is 5. The molecule has 1 aliphatic heterocycles. The third-order valence-corrected chi connectivity index (χ3v) is 6.31. The quantitative estimate of drug-likeness (QED) is 0.779. The van der Waals surface area contributed by atoms with Crippen molar-refractivity contribution in [2.24, 2.45) is 0 Å². The molecule has 1 atom stereocenters. The first kappa shape index (κ1) is 16.9. The van der Waals surface area contributed by atoms with Gasteiger partial charge < -0.3 is 9.84 Å². The first-order chi connectivity index (χ1) is 10.3. The van der Waals surface area contributed by atoms with Crippen molar-refractivity contribution >= 4 is 37.9 Å². The van der Waals surface area contributed by atoms with E-state index in [1.165, 1.54) is 25.3 Å². The maximum absolute atomic E-state index is 12.6. The van der Waals surface area contributed by atoms with Gasteiger partial charge in [-0.2, -0.15) is 4.31 Å². The van der Waals surface area contributed by atoms with Gasteiger partial charge in [-0.25, -0.2) is 13.2 Å². The Hall–Kier alpha value is -1.45. The number of sulfonamides is 1. The van der Waals surface area contributed by atoms with Crippen LogP contribution in [-0.4, -0.2) is 49.5 Å². The molecule has 0 spiro atoms. The number of benzene rings is 1. The molecule has 1 aromatic carbocycles. The Morgan fingerprint density at radius 3 is 2.64 bits per heavy atom. The number of carbonyl (C=O) groups is 2. The molecule has 9 heteroatoms. The lowest BCUT2D eigenvalue weighted by Crippen LogP contribution is -2.40. The molecule has 22 heavy (non-hydrogen) atoms. The summed E-state index contributed by atoms with van der Waals surface area (Å²) < 4.78 is 31.0. The minimum Gasteiger partial charge on any atom is -0.480 e. The van der Waals surface area contributed by atoms with Crippen LogP contribution in [0.4, 0.5) is 0 Å². The summed E-state index contributed by atoms with van der Waals surface area (Å²) in [6.07, 6.45) is 0.778. The minimum absolute atomic E-state index is 0.0756. The lowest BCUT2D eigenvalue weighted by molar-refractivity contribution is -0.140. The molecule has 0 amide bonds. The number of hydrogen-bond donors (Lipinski definition) is 1. The van der Waals surface area contributed by atoms with Crippen LogP contribution >= 0.6 is 15.9 Å². The van der Waals surface area contributed by atoms with Crippen LogP contribution in [0.5, 0.6) is 0 Å². The van der Waals surface area contributed by atoms with E-state index in [1.54, 1.807) is 0 Å². The second kappa shape index (κ2) is 6.35. The zero-order valence-corrected chi connectivity index (χ0v) is 14.1. The molecular formula is C13H14BrNO6S. The predicted molar refractivity (Wildman–Crippen MR) is 80.0 cm³/mol. The topological polar surface area (TPSA) is 101 Å². The highest BCUT2D eigenvalue weighted by Gasteiger charge is 2.40. The van der Waals surface area contributed by atoms with Gasteiger partial charge in [0, 0.05) is 11.0 Å². The third-order valence-electron chi connectivity index (χ3n) is 3.43. The van der Waals surface area contributed by atoms with Crippen molar-refractivity contribution in [1.82, 2.24) is 4.31 Å². The van der Waals surface area contributed by atoms with Gasteiger partial charge in [-0.15, -0.1) is 0 Å². The largest absolute Gasteiger partial charge is 0.480 e. The van der Waals surface area contributed by atoms with Crippen molar-refractivity contribution in [2.75, 3.05) is 13.7 Å². The summed E-state index contributed by atoms with van der Waals surface area (Å²) in [7, 11) is -2.73. The summed E-state index contributed by atoms with van der Waals surface area (Å²) in [6, 6.07) is 2.88.